The van der Waals surface area contributed by atoms with E-state index in [0.717, 1.165) is 11.9 Å². The molecule has 3 rings (SSSR count). The fourth-order valence-electron chi connectivity index (χ4n) is 3.41. The van der Waals surface area contributed by atoms with E-state index in [-0.39, 0.29) is 0 Å². The number of nitrogens with zero attached hydrogens (tertiary/aromatic N) is 3. The van der Waals surface area contributed by atoms with Crippen molar-refractivity contribution >= 4 is 5.95 Å². The van der Waals surface area contributed by atoms with Gasteiger partial charge in [-0.3, -0.25) is 0 Å². The van der Waals surface area contributed by atoms with E-state index in [9.17, 15) is 0 Å². The van der Waals surface area contributed by atoms with Gasteiger partial charge in [-0.2, -0.15) is 0 Å². The molecule has 3 nitrogen and oxygen atoms in total. The Morgan fingerprint density at radius 1 is 1.28 bits per heavy atom. The van der Waals surface area contributed by atoms with E-state index < -0.39 is 0 Å². The second-order valence-electron chi connectivity index (χ2n) is 6.51. The molecule has 1 aliphatic carbocycles. The van der Waals surface area contributed by atoms with E-state index in [0.29, 0.717) is 11.3 Å². The number of hydrogen-bond donors (Lipinski definition) is 0. The van der Waals surface area contributed by atoms with Gasteiger partial charge in [0.05, 0.1) is 0 Å². The van der Waals surface area contributed by atoms with Gasteiger partial charge < -0.3 is 4.90 Å². The zero-order valence-corrected chi connectivity index (χ0v) is 11.7. The summed E-state index contributed by atoms with van der Waals surface area (Å²) in [7, 11) is 0. The van der Waals surface area contributed by atoms with E-state index in [1.165, 1.54) is 37.9 Å². The minimum atomic E-state index is 0.513. The van der Waals surface area contributed by atoms with E-state index >= 15 is 0 Å². The molecule has 1 aromatic heterocycles. The van der Waals surface area contributed by atoms with Gasteiger partial charge in [-0.25, -0.2) is 9.97 Å². The molecule has 2 fully saturated rings. The molecule has 1 saturated heterocycles. The summed E-state index contributed by atoms with van der Waals surface area (Å²) < 4.78 is 0. The zero-order valence-electron chi connectivity index (χ0n) is 11.7. The lowest BCUT2D eigenvalue weighted by Gasteiger charge is -2.59. The van der Waals surface area contributed by atoms with Crippen LogP contribution in [0.25, 0.3) is 0 Å². The molecule has 0 aromatic carbocycles. The molecule has 0 unspecified atom stereocenters. The van der Waals surface area contributed by atoms with Crippen molar-refractivity contribution in [1.82, 2.24) is 9.97 Å². The largest absolute Gasteiger partial charge is 0.340 e. The normalized spacial score (nSPS) is 22.1. The van der Waals surface area contributed by atoms with Crippen molar-refractivity contribution in [3.8, 4) is 0 Å². The first-order valence-corrected chi connectivity index (χ1v) is 7.19. The van der Waals surface area contributed by atoms with Crippen LogP contribution in [0.1, 0.15) is 51.5 Å². The smallest absolute Gasteiger partial charge is 0.225 e. The Hall–Kier alpha value is -1.12. The van der Waals surface area contributed by atoms with Gasteiger partial charge in [0.2, 0.25) is 5.95 Å². The summed E-state index contributed by atoms with van der Waals surface area (Å²) in [5, 5.41) is 0. The Kier molecular flexibility index (Phi) is 2.80. The first kappa shape index (κ1) is 11.9. The highest BCUT2D eigenvalue weighted by Gasteiger charge is 2.52. The monoisotopic (exact) mass is 245 g/mol. The maximum absolute atomic E-state index is 4.50. The van der Waals surface area contributed by atoms with Crippen LogP contribution < -0.4 is 4.90 Å². The molecule has 98 valence electrons. The van der Waals surface area contributed by atoms with Gasteiger partial charge >= 0.3 is 0 Å². The van der Waals surface area contributed by atoms with Crippen LogP contribution in [0.15, 0.2) is 12.4 Å². The maximum Gasteiger partial charge on any atom is 0.225 e. The molecule has 18 heavy (non-hydrogen) atoms. The third-order valence-electron chi connectivity index (χ3n) is 4.68. The SMILES string of the molecule is CCC1CC2(C1)CN(c1ncc(C(C)C)cn1)C2. The van der Waals surface area contributed by atoms with Gasteiger partial charge in [0.25, 0.3) is 0 Å². The van der Waals surface area contributed by atoms with E-state index in [2.05, 4.69) is 35.6 Å². The lowest BCUT2D eigenvalue weighted by Crippen LogP contribution is -2.62. The van der Waals surface area contributed by atoms with Gasteiger partial charge in [-0.1, -0.05) is 27.2 Å². The Bertz CT molecular complexity index is 410. The first-order valence-electron chi connectivity index (χ1n) is 7.19. The molecule has 0 atom stereocenters. The lowest BCUT2D eigenvalue weighted by molar-refractivity contribution is 0.0208. The highest BCUT2D eigenvalue weighted by Crippen LogP contribution is 2.53. The van der Waals surface area contributed by atoms with Gasteiger partial charge in [0.15, 0.2) is 0 Å². The summed E-state index contributed by atoms with van der Waals surface area (Å²) in [5.74, 6) is 2.42. The Balaban J connectivity index is 1.58. The topological polar surface area (TPSA) is 29.0 Å². The van der Waals surface area contributed by atoms with Gasteiger partial charge in [-0.15, -0.1) is 0 Å². The van der Waals surface area contributed by atoms with Gasteiger partial charge in [0.1, 0.15) is 0 Å². The highest BCUT2D eigenvalue weighted by molar-refractivity contribution is 5.37. The lowest BCUT2D eigenvalue weighted by atomic mass is 9.57. The zero-order chi connectivity index (χ0) is 12.8. The average Bonchev–Trinajstić information content (AvgIpc) is 2.26. The summed E-state index contributed by atoms with van der Waals surface area (Å²) in [4.78, 5) is 11.3. The molecule has 0 N–H and O–H groups in total. The van der Waals surface area contributed by atoms with Crippen LogP contribution in [0.5, 0.6) is 0 Å². The Morgan fingerprint density at radius 2 is 1.89 bits per heavy atom. The second kappa shape index (κ2) is 4.22. The standard InChI is InChI=1S/C15H23N3/c1-4-12-5-15(6-12)9-18(10-15)14-16-7-13(8-17-14)11(2)3/h7-8,11-12H,4-6,9-10H2,1-3H3. The van der Waals surface area contributed by atoms with Gasteiger partial charge in [0, 0.05) is 30.9 Å². The van der Waals surface area contributed by atoms with Crippen LogP contribution >= 0.6 is 0 Å². The average molecular weight is 245 g/mol. The molecule has 0 bridgehead atoms. The fraction of sp³-hybridized carbons (Fsp3) is 0.733. The minimum absolute atomic E-state index is 0.513. The Morgan fingerprint density at radius 3 is 2.39 bits per heavy atom. The predicted octanol–water partition coefficient (Wildman–Crippen LogP) is 3.23. The molecule has 3 heteroatoms. The van der Waals surface area contributed by atoms with Crippen molar-refractivity contribution < 1.29 is 0 Å². The van der Waals surface area contributed by atoms with Gasteiger partial charge in [-0.05, 0) is 30.2 Å². The Labute approximate surface area is 110 Å². The second-order valence-corrected chi connectivity index (χ2v) is 6.51. The summed E-state index contributed by atoms with van der Waals surface area (Å²) in [5.41, 5.74) is 1.85. The third kappa shape index (κ3) is 1.90. The van der Waals surface area contributed by atoms with Crippen molar-refractivity contribution in [2.24, 2.45) is 11.3 Å². The summed E-state index contributed by atoms with van der Waals surface area (Å²) in [6, 6.07) is 0. The maximum atomic E-state index is 4.50. The predicted molar refractivity (Wildman–Crippen MR) is 73.8 cm³/mol. The number of aromatic nitrogens is 2. The number of anilines is 1. The fourth-order valence-corrected chi connectivity index (χ4v) is 3.41. The van der Waals surface area contributed by atoms with E-state index in [1.807, 2.05) is 12.4 Å². The molecule has 2 aliphatic rings. The van der Waals surface area contributed by atoms with Crippen LogP contribution in [0.2, 0.25) is 0 Å². The van der Waals surface area contributed by atoms with Crippen LogP contribution in [0.4, 0.5) is 5.95 Å². The van der Waals surface area contributed by atoms with Crippen LogP contribution in [0, 0.1) is 11.3 Å². The quantitative estimate of drug-likeness (QED) is 0.818. The molecule has 1 saturated carbocycles. The van der Waals surface area contributed by atoms with Crippen molar-refractivity contribution in [3.05, 3.63) is 18.0 Å². The molecule has 2 heterocycles. The van der Waals surface area contributed by atoms with E-state index in [4.69, 9.17) is 0 Å². The number of hydrogen-bond acceptors (Lipinski definition) is 3. The third-order valence-corrected chi connectivity index (χ3v) is 4.68. The number of rotatable bonds is 3. The molecule has 1 aromatic rings. The summed E-state index contributed by atoms with van der Waals surface area (Å²) in [6.07, 6.45) is 8.15. The molecular formula is C15H23N3. The molecular weight excluding hydrogens is 222 g/mol. The van der Waals surface area contributed by atoms with Crippen molar-refractivity contribution in [3.63, 3.8) is 0 Å². The van der Waals surface area contributed by atoms with Crippen molar-refractivity contribution in [2.75, 3.05) is 18.0 Å². The molecule has 1 spiro atoms. The van der Waals surface area contributed by atoms with Crippen LogP contribution in [-0.4, -0.2) is 23.1 Å². The first-order chi connectivity index (χ1) is 8.62. The summed E-state index contributed by atoms with van der Waals surface area (Å²) >= 11 is 0. The molecule has 1 aliphatic heterocycles. The molecule has 0 radical (unpaired) electrons. The minimum Gasteiger partial charge on any atom is -0.340 e. The van der Waals surface area contributed by atoms with Crippen LogP contribution in [-0.2, 0) is 0 Å². The van der Waals surface area contributed by atoms with E-state index in [1.54, 1.807) is 0 Å². The van der Waals surface area contributed by atoms with Crippen molar-refractivity contribution in [1.29, 1.82) is 0 Å². The molecule has 0 amide bonds. The van der Waals surface area contributed by atoms with Crippen molar-refractivity contribution in [2.45, 2.75) is 46.0 Å². The summed E-state index contributed by atoms with van der Waals surface area (Å²) in [6.45, 7) is 9.00. The highest BCUT2D eigenvalue weighted by atomic mass is 15.3. The van der Waals surface area contributed by atoms with Crippen LogP contribution in [0.3, 0.4) is 0 Å².